The predicted molar refractivity (Wildman–Crippen MR) is 116 cm³/mol. The van der Waals surface area contributed by atoms with Crippen molar-refractivity contribution in [3.05, 3.63) is 77.5 Å². The van der Waals surface area contributed by atoms with Crippen LogP contribution in [0.25, 0.3) is 11.3 Å². The third-order valence-corrected chi connectivity index (χ3v) is 7.32. The van der Waals surface area contributed by atoms with E-state index in [0.717, 1.165) is 29.8 Å². The smallest absolute Gasteiger partial charge is 0.153 e. The summed E-state index contributed by atoms with van der Waals surface area (Å²) < 4.78 is 2.00. The van der Waals surface area contributed by atoms with Gasteiger partial charge in [-0.25, -0.2) is 0 Å². The van der Waals surface area contributed by atoms with Gasteiger partial charge in [0.1, 0.15) is 5.92 Å². The van der Waals surface area contributed by atoms with E-state index in [1.54, 1.807) is 0 Å². The molecule has 2 aliphatic carbocycles. The molecule has 150 valence electrons. The van der Waals surface area contributed by atoms with E-state index in [4.69, 9.17) is 5.10 Å². The SMILES string of the molecule is CC1C(=O)C(C#N)CC2(c3ccccc3)c3nn(C)c(-c4ccccc4)c3CCC12. The van der Waals surface area contributed by atoms with Crippen LogP contribution in [0, 0.1) is 29.1 Å². The first kappa shape index (κ1) is 18.8. The molecule has 1 aromatic heterocycles. The molecular weight excluding hydrogens is 370 g/mol. The molecule has 4 nitrogen and oxygen atoms in total. The summed E-state index contributed by atoms with van der Waals surface area (Å²) in [5.41, 5.74) is 5.40. The molecule has 0 aliphatic heterocycles. The highest BCUT2D eigenvalue weighted by Crippen LogP contribution is 2.56. The maximum atomic E-state index is 12.9. The third kappa shape index (κ3) is 2.51. The molecule has 1 fully saturated rings. The van der Waals surface area contributed by atoms with E-state index in [2.05, 4.69) is 54.6 Å². The molecule has 30 heavy (non-hydrogen) atoms. The normalized spacial score (nSPS) is 27.8. The molecule has 0 bridgehead atoms. The topological polar surface area (TPSA) is 58.7 Å². The summed E-state index contributed by atoms with van der Waals surface area (Å²) in [7, 11) is 2.01. The Balaban J connectivity index is 1.79. The Hall–Kier alpha value is -3.19. The van der Waals surface area contributed by atoms with Gasteiger partial charge < -0.3 is 0 Å². The lowest BCUT2D eigenvalue weighted by molar-refractivity contribution is -0.131. The second-order valence-electron chi connectivity index (χ2n) is 8.72. The summed E-state index contributed by atoms with van der Waals surface area (Å²) in [5, 5.41) is 14.9. The second kappa shape index (κ2) is 6.95. The largest absolute Gasteiger partial charge is 0.298 e. The van der Waals surface area contributed by atoms with Gasteiger partial charge in [-0.15, -0.1) is 0 Å². The molecule has 4 unspecified atom stereocenters. The molecule has 2 aromatic carbocycles. The first-order chi connectivity index (χ1) is 14.6. The van der Waals surface area contributed by atoms with Gasteiger partial charge in [-0.1, -0.05) is 67.6 Å². The monoisotopic (exact) mass is 395 g/mol. The number of nitrogens with zero attached hydrogens (tertiary/aromatic N) is 3. The first-order valence-electron chi connectivity index (χ1n) is 10.7. The van der Waals surface area contributed by atoms with Gasteiger partial charge >= 0.3 is 0 Å². The van der Waals surface area contributed by atoms with Crippen molar-refractivity contribution >= 4 is 5.78 Å². The predicted octanol–water partition coefficient (Wildman–Crippen LogP) is 4.68. The first-order valence-corrected chi connectivity index (χ1v) is 10.7. The number of nitriles is 1. The van der Waals surface area contributed by atoms with E-state index in [-0.39, 0.29) is 17.6 Å². The van der Waals surface area contributed by atoms with E-state index < -0.39 is 11.3 Å². The van der Waals surface area contributed by atoms with E-state index >= 15 is 0 Å². The number of Topliss-reactive ketones (excluding diaryl/α,β-unsaturated/α-hetero) is 1. The van der Waals surface area contributed by atoms with Gasteiger partial charge in [-0.3, -0.25) is 9.48 Å². The number of hydrogen-bond acceptors (Lipinski definition) is 3. The molecule has 2 aliphatic rings. The maximum Gasteiger partial charge on any atom is 0.153 e. The number of carbonyl (C=O) groups is 1. The number of aryl methyl sites for hydroxylation is 1. The van der Waals surface area contributed by atoms with Crippen molar-refractivity contribution < 1.29 is 4.79 Å². The van der Waals surface area contributed by atoms with Crippen LogP contribution in [0.2, 0.25) is 0 Å². The van der Waals surface area contributed by atoms with E-state index in [9.17, 15) is 10.1 Å². The summed E-state index contributed by atoms with van der Waals surface area (Å²) in [6.07, 6.45) is 2.35. The van der Waals surface area contributed by atoms with E-state index in [1.807, 2.05) is 30.8 Å². The number of rotatable bonds is 2. The molecule has 0 radical (unpaired) electrons. The fourth-order valence-corrected chi connectivity index (χ4v) is 6.02. The van der Waals surface area contributed by atoms with Crippen LogP contribution in [0.1, 0.15) is 36.6 Å². The molecule has 3 aromatic rings. The lowest BCUT2D eigenvalue weighted by atomic mass is 9.51. The fourth-order valence-electron chi connectivity index (χ4n) is 6.02. The van der Waals surface area contributed by atoms with E-state index in [1.165, 1.54) is 11.1 Å². The number of hydrogen-bond donors (Lipinski definition) is 0. The highest BCUT2D eigenvalue weighted by atomic mass is 16.1. The summed E-state index contributed by atoms with van der Waals surface area (Å²) in [4.78, 5) is 12.9. The van der Waals surface area contributed by atoms with Crippen LogP contribution in [-0.2, 0) is 23.7 Å². The van der Waals surface area contributed by atoms with Crippen LogP contribution < -0.4 is 0 Å². The molecular formula is C26H25N3O. The van der Waals surface area contributed by atoms with Gasteiger partial charge in [0.25, 0.3) is 0 Å². The Morgan fingerprint density at radius 2 is 1.77 bits per heavy atom. The standard InChI is InChI=1S/C26H25N3O/c1-17-22-14-13-21-23(18-9-5-3-6-10-18)29(2)28-25(21)26(22,15-19(16-27)24(17)30)20-11-7-4-8-12-20/h3-12,17,19,22H,13-15H2,1-2H3. The lowest BCUT2D eigenvalue weighted by Gasteiger charge is -2.50. The minimum absolute atomic E-state index is 0.0942. The quantitative estimate of drug-likeness (QED) is 0.633. The Kier molecular flexibility index (Phi) is 4.36. The number of fused-ring (bicyclic) bond motifs is 3. The lowest BCUT2D eigenvalue weighted by Crippen LogP contribution is -2.52. The van der Waals surface area contributed by atoms with Gasteiger partial charge in [-0.2, -0.15) is 10.4 Å². The van der Waals surface area contributed by atoms with Crippen LogP contribution in [0.15, 0.2) is 60.7 Å². The number of ketones is 1. The highest BCUT2D eigenvalue weighted by Gasteiger charge is 2.57. The van der Waals surface area contributed by atoms with Crippen molar-refractivity contribution in [2.75, 3.05) is 0 Å². The number of benzene rings is 2. The van der Waals surface area contributed by atoms with Gasteiger partial charge in [0, 0.05) is 29.5 Å². The average molecular weight is 396 g/mol. The van der Waals surface area contributed by atoms with Gasteiger partial charge in [0.2, 0.25) is 0 Å². The fraction of sp³-hybridized carbons (Fsp3) is 0.346. The zero-order valence-corrected chi connectivity index (χ0v) is 17.4. The van der Waals surface area contributed by atoms with Gasteiger partial charge in [0.15, 0.2) is 5.78 Å². The molecule has 1 saturated carbocycles. The van der Waals surface area contributed by atoms with Crippen LogP contribution in [-0.4, -0.2) is 15.6 Å². The Bertz CT molecular complexity index is 1140. The molecule has 0 saturated heterocycles. The Morgan fingerprint density at radius 1 is 1.10 bits per heavy atom. The van der Waals surface area contributed by atoms with Crippen molar-refractivity contribution in [3.63, 3.8) is 0 Å². The third-order valence-electron chi connectivity index (χ3n) is 7.32. The molecule has 4 heteroatoms. The molecule has 0 amide bonds. The van der Waals surface area contributed by atoms with Gasteiger partial charge in [-0.05, 0) is 30.7 Å². The van der Waals surface area contributed by atoms with Crippen molar-refractivity contribution in [3.8, 4) is 17.3 Å². The maximum absolute atomic E-state index is 12.9. The second-order valence-corrected chi connectivity index (χ2v) is 8.72. The molecule has 0 N–H and O–H groups in total. The average Bonchev–Trinajstić information content (AvgIpc) is 3.13. The minimum Gasteiger partial charge on any atom is -0.298 e. The summed E-state index contributed by atoms with van der Waals surface area (Å²) in [6.45, 7) is 2.01. The van der Waals surface area contributed by atoms with Gasteiger partial charge in [0.05, 0.1) is 17.5 Å². The highest BCUT2D eigenvalue weighted by molar-refractivity contribution is 5.87. The number of aromatic nitrogens is 2. The molecule has 4 atom stereocenters. The molecule has 0 spiro atoms. The van der Waals surface area contributed by atoms with Crippen molar-refractivity contribution in [1.29, 1.82) is 5.26 Å². The Labute approximate surface area is 177 Å². The van der Waals surface area contributed by atoms with Crippen LogP contribution in [0.3, 0.4) is 0 Å². The summed E-state index contributed by atoms with van der Waals surface area (Å²) in [6, 6.07) is 23.1. The molecule has 1 heterocycles. The zero-order valence-electron chi connectivity index (χ0n) is 17.4. The van der Waals surface area contributed by atoms with Crippen LogP contribution in [0.5, 0.6) is 0 Å². The molecule has 5 rings (SSSR count). The minimum atomic E-state index is -0.593. The van der Waals surface area contributed by atoms with E-state index in [0.29, 0.717) is 6.42 Å². The Morgan fingerprint density at radius 3 is 2.43 bits per heavy atom. The van der Waals surface area contributed by atoms with Crippen LogP contribution >= 0.6 is 0 Å². The van der Waals surface area contributed by atoms with Crippen molar-refractivity contribution in [2.24, 2.45) is 24.8 Å². The van der Waals surface area contributed by atoms with Crippen molar-refractivity contribution in [1.82, 2.24) is 9.78 Å². The summed E-state index contributed by atoms with van der Waals surface area (Å²) >= 11 is 0. The summed E-state index contributed by atoms with van der Waals surface area (Å²) in [5.74, 6) is -0.497. The van der Waals surface area contributed by atoms with Crippen LogP contribution in [0.4, 0.5) is 0 Å². The number of carbonyl (C=O) groups excluding carboxylic acids is 1. The zero-order chi connectivity index (χ0) is 20.9. The van der Waals surface area contributed by atoms with Crippen molar-refractivity contribution in [2.45, 2.75) is 31.6 Å².